The van der Waals surface area contributed by atoms with Gasteiger partial charge in [-0.05, 0) is 18.3 Å². The maximum atomic E-state index is 7.00. The first-order valence-electron chi connectivity index (χ1n) is 6.15. The van der Waals surface area contributed by atoms with Crippen LogP contribution in [-0.2, 0) is 0 Å². The van der Waals surface area contributed by atoms with Crippen LogP contribution in [0, 0.1) is 11.8 Å². The molecule has 1 heteroatoms. The predicted molar refractivity (Wildman–Crippen MR) is 65.5 cm³/mol. The fourth-order valence-electron chi connectivity index (χ4n) is 1.74. The minimum Gasteiger partial charge on any atom is -0.400 e. The van der Waals surface area contributed by atoms with E-state index < -0.39 is 0 Å². The molecule has 0 heterocycles. The molecule has 1 aliphatic rings. The maximum absolute atomic E-state index is 7.00. The van der Waals surface area contributed by atoms with Gasteiger partial charge >= 0.3 is 0 Å². The van der Waals surface area contributed by atoms with Crippen molar-refractivity contribution in [2.24, 2.45) is 11.8 Å². The summed E-state index contributed by atoms with van der Waals surface area (Å²) >= 11 is 0. The topological polar surface area (TPSA) is 20.2 Å². The lowest BCUT2D eigenvalue weighted by Crippen LogP contribution is -2.09. The van der Waals surface area contributed by atoms with Gasteiger partial charge in [-0.15, -0.1) is 0 Å². The van der Waals surface area contributed by atoms with E-state index in [4.69, 9.17) is 5.11 Å². The zero-order chi connectivity index (χ0) is 11.4. The van der Waals surface area contributed by atoms with Crippen LogP contribution in [0.2, 0.25) is 0 Å². The molecule has 1 saturated carbocycles. The van der Waals surface area contributed by atoms with Gasteiger partial charge in [-0.2, -0.15) is 0 Å². The van der Waals surface area contributed by atoms with Crippen molar-refractivity contribution in [1.29, 1.82) is 0 Å². The summed E-state index contributed by atoms with van der Waals surface area (Å²) in [4.78, 5) is 0. The van der Waals surface area contributed by atoms with Gasteiger partial charge in [0, 0.05) is 7.11 Å². The highest BCUT2D eigenvalue weighted by Crippen LogP contribution is 2.27. The Morgan fingerprint density at radius 2 is 1.29 bits per heavy atom. The van der Waals surface area contributed by atoms with Gasteiger partial charge in [0.1, 0.15) is 0 Å². The Hall–Kier alpha value is -0.0400. The first kappa shape index (κ1) is 16.4. The summed E-state index contributed by atoms with van der Waals surface area (Å²) in [6, 6.07) is 0. The summed E-state index contributed by atoms with van der Waals surface area (Å²) in [5.74, 6) is 2.03. The molecule has 1 aliphatic carbocycles. The van der Waals surface area contributed by atoms with E-state index in [2.05, 4.69) is 27.7 Å². The average molecular weight is 202 g/mol. The molecule has 0 spiro atoms. The first-order chi connectivity index (χ1) is 6.70. The first-order valence-corrected chi connectivity index (χ1v) is 6.15. The molecule has 14 heavy (non-hydrogen) atoms. The normalized spacial score (nSPS) is 25.3. The quantitative estimate of drug-likeness (QED) is 0.674. The summed E-state index contributed by atoms with van der Waals surface area (Å²) in [7, 11) is 1.00. The van der Waals surface area contributed by atoms with Crippen LogP contribution in [0.25, 0.3) is 0 Å². The van der Waals surface area contributed by atoms with Crippen molar-refractivity contribution in [3.63, 3.8) is 0 Å². The van der Waals surface area contributed by atoms with Crippen molar-refractivity contribution in [2.45, 2.75) is 66.2 Å². The largest absolute Gasteiger partial charge is 0.400 e. The third kappa shape index (κ3) is 12.0. The highest BCUT2D eigenvalue weighted by atomic mass is 16.2. The lowest BCUT2D eigenvalue weighted by atomic mass is 9.84. The van der Waals surface area contributed by atoms with Crippen LogP contribution in [0.1, 0.15) is 66.2 Å². The highest BCUT2D eigenvalue weighted by molar-refractivity contribution is 4.66. The van der Waals surface area contributed by atoms with Gasteiger partial charge in [0.15, 0.2) is 0 Å². The van der Waals surface area contributed by atoms with Gasteiger partial charge in [-0.25, -0.2) is 0 Å². The van der Waals surface area contributed by atoms with Crippen LogP contribution in [0.4, 0.5) is 0 Å². The third-order valence-electron chi connectivity index (χ3n) is 2.70. The summed E-state index contributed by atoms with van der Waals surface area (Å²) in [6.07, 6.45) is 8.54. The minimum absolute atomic E-state index is 1.00. The van der Waals surface area contributed by atoms with Crippen LogP contribution >= 0.6 is 0 Å². The van der Waals surface area contributed by atoms with E-state index in [-0.39, 0.29) is 0 Å². The number of aliphatic hydroxyl groups excluding tert-OH is 1. The van der Waals surface area contributed by atoms with Crippen molar-refractivity contribution >= 4 is 0 Å². The van der Waals surface area contributed by atoms with Crippen molar-refractivity contribution in [3.05, 3.63) is 0 Å². The van der Waals surface area contributed by atoms with E-state index in [0.29, 0.717) is 0 Å². The molecule has 1 N–H and O–H groups in total. The molecule has 0 aromatic rings. The van der Waals surface area contributed by atoms with E-state index in [9.17, 15) is 0 Å². The minimum atomic E-state index is 1.00. The van der Waals surface area contributed by atoms with E-state index in [1.807, 2.05) is 0 Å². The summed E-state index contributed by atoms with van der Waals surface area (Å²) in [5, 5.41) is 7.00. The van der Waals surface area contributed by atoms with Crippen molar-refractivity contribution in [2.75, 3.05) is 7.11 Å². The molecule has 1 rings (SSSR count). The van der Waals surface area contributed by atoms with Gasteiger partial charge in [0.25, 0.3) is 0 Å². The molecule has 0 amide bonds. The van der Waals surface area contributed by atoms with Gasteiger partial charge in [-0.1, -0.05) is 59.8 Å². The lowest BCUT2D eigenvalue weighted by Gasteiger charge is -2.22. The molecule has 0 aromatic heterocycles. The molecular weight excluding hydrogens is 172 g/mol. The maximum Gasteiger partial charge on any atom is 0.0319 e. The van der Waals surface area contributed by atoms with E-state index in [1.54, 1.807) is 0 Å². The SMILES string of the molecule is CC1CCCC(C)C1.CCCC.CO. The highest BCUT2D eigenvalue weighted by Gasteiger charge is 2.13. The monoisotopic (exact) mass is 202 g/mol. The zero-order valence-corrected chi connectivity index (χ0v) is 10.8. The number of rotatable bonds is 1. The number of hydrogen-bond acceptors (Lipinski definition) is 1. The van der Waals surface area contributed by atoms with Crippen LogP contribution in [0.5, 0.6) is 0 Å². The second kappa shape index (κ2) is 13.0. The Kier molecular flexibility index (Phi) is 15.2. The van der Waals surface area contributed by atoms with Crippen molar-refractivity contribution < 1.29 is 5.11 Å². The Labute approximate surface area is 90.9 Å². The lowest BCUT2D eigenvalue weighted by molar-refractivity contribution is 0.301. The van der Waals surface area contributed by atoms with Crippen molar-refractivity contribution in [3.8, 4) is 0 Å². The van der Waals surface area contributed by atoms with Crippen LogP contribution < -0.4 is 0 Å². The van der Waals surface area contributed by atoms with Crippen LogP contribution in [0.3, 0.4) is 0 Å². The summed E-state index contributed by atoms with van der Waals surface area (Å²) < 4.78 is 0. The molecule has 0 aromatic carbocycles. The number of aliphatic hydroxyl groups is 1. The fourth-order valence-corrected chi connectivity index (χ4v) is 1.74. The molecule has 0 bridgehead atoms. The molecule has 0 saturated heterocycles. The molecule has 0 aliphatic heterocycles. The fraction of sp³-hybridized carbons (Fsp3) is 1.00. The van der Waals surface area contributed by atoms with Gasteiger partial charge in [-0.3, -0.25) is 0 Å². The van der Waals surface area contributed by atoms with Crippen LogP contribution in [-0.4, -0.2) is 12.2 Å². The molecule has 1 nitrogen and oxygen atoms in total. The van der Waals surface area contributed by atoms with E-state index in [0.717, 1.165) is 18.9 Å². The molecule has 2 unspecified atom stereocenters. The molecular formula is C13H30O. The van der Waals surface area contributed by atoms with E-state index in [1.165, 1.54) is 38.5 Å². The van der Waals surface area contributed by atoms with Gasteiger partial charge in [0.05, 0.1) is 0 Å². The van der Waals surface area contributed by atoms with E-state index >= 15 is 0 Å². The Morgan fingerprint density at radius 3 is 1.43 bits per heavy atom. The smallest absolute Gasteiger partial charge is 0.0319 e. The van der Waals surface area contributed by atoms with Crippen LogP contribution in [0.15, 0.2) is 0 Å². The molecule has 1 fully saturated rings. The zero-order valence-electron chi connectivity index (χ0n) is 10.8. The van der Waals surface area contributed by atoms with Crippen molar-refractivity contribution in [1.82, 2.24) is 0 Å². The van der Waals surface area contributed by atoms with Gasteiger partial charge < -0.3 is 5.11 Å². The molecule has 2 atom stereocenters. The number of unbranched alkanes of at least 4 members (excludes halogenated alkanes) is 1. The second-order valence-corrected chi connectivity index (χ2v) is 4.38. The predicted octanol–water partition coefficient (Wildman–Crippen LogP) is 4.25. The Bertz CT molecular complexity index is 81.2. The summed E-state index contributed by atoms with van der Waals surface area (Å²) in [5.41, 5.74) is 0. The molecule has 0 radical (unpaired) electrons. The number of hydrogen-bond donors (Lipinski definition) is 1. The Balaban J connectivity index is 0. The Morgan fingerprint density at radius 1 is 0.929 bits per heavy atom. The van der Waals surface area contributed by atoms with Gasteiger partial charge in [0.2, 0.25) is 0 Å². The molecule has 88 valence electrons. The second-order valence-electron chi connectivity index (χ2n) is 4.38. The standard InChI is InChI=1S/C8H16.C4H10.CH4O/c1-7-4-3-5-8(2)6-7;1-3-4-2;1-2/h7-8H,3-6H2,1-2H3;3-4H2,1-2H3;2H,1H3. The summed E-state index contributed by atoms with van der Waals surface area (Å²) in [6.45, 7) is 9.10. The average Bonchev–Trinajstić information content (AvgIpc) is 2.21. The third-order valence-corrected chi connectivity index (χ3v) is 2.70.